The number of fused-ring (bicyclic) bond motifs is 1. The Labute approximate surface area is 65.1 Å². The van der Waals surface area contributed by atoms with Crippen LogP contribution in [-0.4, -0.2) is 0 Å². The number of nitrogens with one attached hydrogen (secondary N) is 1. The van der Waals surface area contributed by atoms with Crippen LogP contribution in [0.4, 0.5) is 0 Å². The minimum Gasteiger partial charge on any atom is -0.305 e. The molecule has 1 N–H and O–H groups in total. The molecule has 10 heavy (non-hydrogen) atoms. The predicted molar refractivity (Wildman–Crippen MR) is 44.3 cm³/mol. The lowest BCUT2D eigenvalue weighted by molar-refractivity contribution is 0.638. The van der Waals surface area contributed by atoms with Gasteiger partial charge in [-0.25, -0.2) is 0 Å². The second kappa shape index (κ2) is 2.07. The minimum absolute atomic E-state index is 0.591. The molecule has 2 heteroatoms. The predicted octanol–water partition coefficient (Wildman–Crippen LogP) is 2.22. The van der Waals surface area contributed by atoms with Gasteiger partial charge in [-0.05, 0) is 25.5 Å². The van der Waals surface area contributed by atoms with E-state index < -0.39 is 0 Å². The van der Waals surface area contributed by atoms with Gasteiger partial charge in [-0.3, -0.25) is 0 Å². The van der Waals surface area contributed by atoms with Crippen molar-refractivity contribution in [3.8, 4) is 0 Å². The minimum atomic E-state index is 0.591. The fourth-order valence-corrected chi connectivity index (χ4v) is 2.52. The monoisotopic (exact) mass is 153 g/mol. The Morgan fingerprint density at radius 1 is 1.70 bits per heavy atom. The quantitative estimate of drug-likeness (QED) is 0.602. The molecule has 54 valence electrons. The first kappa shape index (κ1) is 6.38. The number of hydrogen-bond acceptors (Lipinski definition) is 2. The van der Waals surface area contributed by atoms with Crippen LogP contribution in [0, 0.1) is 6.92 Å². The lowest BCUT2D eigenvalue weighted by Gasteiger charge is -1.99. The van der Waals surface area contributed by atoms with Gasteiger partial charge in [0.1, 0.15) is 0 Å². The van der Waals surface area contributed by atoms with Gasteiger partial charge < -0.3 is 5.32 Å². The summed E-state index contributed by atoms with van der Waals surface area (Å²) in [6.07, 6.45) is 0. The first-order valence-electron chi connectivity index (χ1n) is 3.60. The average Bonchev–Trinajstić information content (AvgIpc) is 2.35. The number of aryl methyl sites for hydroxylation is 1. The topological polar surface area (TPSA) is 12.0 Å². The molecule has 1 aliphatic rings. The molecule has 1 aromatic rings. The molecule has 1 aliphatic heterocycles. The van der Waals surface area contributed by atoms with Crippen LogP contribution in [0.25, 0.3) is 0 Å². The summed E-state index contributed by atoms with van der Waals surface area (Å²) >= 11 is 1.92. The van der Waals surface area contributed by atoms with Gasteiger partial charge in [0.25, 0.3) is 0 Å². The third-order valence-corrected chi connectivity index (χ3v) is 3.23. The van der Waals surface area contributed by atoms with Crippen molar-refractivity contribution in [3.05, 3.63) is 21.4 Å². The summed E-state index contributed by atoms with van der Waals surface area (Å²) in [6.45, 7) is 5.47. The summed E-state index contributed by atoms with van der Waals surface area (Å²) in [5, 5.41) is 3.40. The molecule has 1 atom stereocenters. The molecule has 1 nitrogen and oxygen atoms in total. The fraction of sp³-hybridized carbons (Fsp3) is 0.500. The first-order valence-corrected chi connectivity index (χ1v) is 4.41. The van der Waals surface area contributed by atoms with Gasteiger partial charge in [-0.15, -0.1) is 11.3 Å². The van der Waals surface area contributed by atoms with E-state index in [0.717, 1.165) is 6.54 Å². The second-order valence-corrected chi connectivity index (χ2v) is 4.14. The van der Waals surface area contributed by atoms with E-state index >= 15 is 0 Å². The maximum Gasteiger partial charge on any atom is 0.0392 e. The van der Waals surface area contributed by atoms with Crippen LogP contribution in [-0.2, 0) is 6.54 Å². The smallest absolute Gasteiger partial charge is 0.0392 e. The zero-order valence-electron chi connectivity index (χ0n) is 6.27. The van der Waals surface area contributed by atoms with E-state index in [-0.39, 0.29) is 0 Å². The van der Waals surface area contributed by atoms with E-state index in [2.05, 4.69) is 25.2 Å². The van der Waals surface area contributed by atoms with Gasteiger partial charge in [0.2, 0.25) is 0 Å². The normalized spacial score (nSPS) is 23.2. The number of hydrogen-bond donors (Lipinski definition) is 1. The van der Waals surface area contributed by atoms with E-state index in [9.17, 15) is 0 Å². The largest absolute Gasteiger partial charge is 0.305 e. The molecule has 1 unspecified atom stereocenters. The van der Waals surface area contributed by atoms with E-state index in [1.165, 1.54) is 15.3 Å². The van der Waals surface area contributed by atoms with E-state index in [4.69, 9.17) is 0 Å². The maximum absolute atomic E-state index is 3.40. The van der Waals surface area contributed by atoms with Gasteiger partial charge >= 0.3 is 0 Å². The number of thiophene rings is 1. The molecule has 0 amide bonds. The third kappa shape index (κ3) is 0.796. The lowest BCUT2D eigenvalue weighted by atomic mass is 10.2. The summed E-state index contributed by atoms with van der Waals surface area (Å²) in [4.78, 5) is 2.98. The Morgan fingerprint density at radius 3 is 3.20 bits per heavy atom. The van der Waals surface area contributed by atoms with Crippen LogP contribution in [0.15, 0.2) is 6.07 Å². The molecule has 0 saturated heterocycles. The summed E-state index contributed by atoms with van der Waals surface area (Å²) in [5.74, 6) is 0. The molecular formula is C8H11NS. The van der Waals surface area contributed by atoms with Gasteiger partial charge in [-0.1, -0.05) is 0 Å². The van der Waals surface area contributed by atoms with Crippen molar-refractivity contribution in [3.63, 3.8) is 0 Å². The highest BCUT2D eigenvalue weighted by Gasteiger charge is 2.19. The van der Waals surface area contributed by atoms with Crippen molar-refractivity contribution < 1.29 is 0 Å². The van der Waals surface area contributed by atoms with Crippen LogP contribution in [0.5, 0.6) is 0 Å². The molecule has 0 radical (unpaired) electrons. The summed E-state index contributed by atoms with van der Waals surface area (Å²) in [7, 11) is 0. The molecule has 0 aliphatic carbocycles. The standard InChI is InChI=1S/C8H11NS/c1-5-3-7-4-9-6(2)8(7)10-5/h3,6,9H,4H2,1-2H3. The zero-order valence-corrected chi connectivity index (χ0v) is 7.09. The summed E-state index contributed by atoms with van der Waals surface area (Å²) < 4.78 is 0. The second-order valence-electron chi connectivity index (χ2n) is 2.85. The molecule has 1 aromatic heterocycles. The van der Waals surface area contributed by atoms with Gasteiger partial charge in [-0.2, -0.15) is 0 Å². The van der Waals surface area contributed by atoms with E-state index in [0.29, 0.717) is 6.04 Å². The Hall–Kier alpha value is -0.340. The molecule has 2 rings (SSSR count). The Bertz CT molecular complexity index is 252. The highest BCUT2D eigenvalue weighted by Crippen LogP contribution is 2.32. The van der Waals surface area contributed by atoms with Crippen LogP contribution in [0.1, 0.15) is 28.3 Å². The fourth-order valence-electron chi connectivity index (χ4n) is 1.45. The van der Waals surface area contributed by atoms with Crippen LogP contribution in [0.3, 0.4) is 0 Å². The van der Waals surface area contributed by atoms with Crippen LogP contribution in [0.2, 0.25) is 0 Å². The zero-order chi connectivity index (χ0) is 7.14. The van der Waals surface area contributed by atoms with Crippen molar-refractivity contribution >= 4 is 11.3 Å². The van der Waals surface area contributed by atoms with Crippen LogP contribution < -0.4 is 5.32 Å². The van der Waals surface area contributed by atoms with Gasteiger partial charge in [0, 0.05) is 22.3 Å². The maximum atomic E-state index is 3.40. The molecule has 0 fully saturated rings. The molecule has 0 bridgehead atoms. The van der Waals surface area contributed by atoms with E-state index in [1.807, 2.05) is 11.3 Å². The SMILES string of the molecule is Cc1cc2c(s1)C(C)NC2. The summed E-state index contributed by atoms with van der Waals surface area (Å²) in [5.41, 5.74) is 1.51. The summed E-state index contributed by atoms with van der Waals surface area (Å²) in [6, 6.07) is 2.88. The molecule has 2 heterocycles. The number of rotatable bonds is 0. The van der Waals surface area contributed by atoms with Crippen LogP contribution >= 0.6 is 11.3 Å². The lowest BCUT2D eigenvalue weighted by Crippen LogP contribution is -2.07. The highest BCUT2D eigenvalue weighted by atomic mass is 32.1. The Kier molecular flexibility index (Phi) is 1.32. The molecule has 0 aromatic carbocycles. The van der Waals surface area contributed by atoms with Crippen molar-refractivity contribution in [2.75, 3.05) is 0 Å². The third-order valence-electron chi connectivity index (χ3n) is 1.96. The average molecular weight is 153 g/mol. The molecule has 0 saturated carbocycles. The van der Waals surface area contributed by atoms with Crippen molar-refractivity contribution in [1.29, 1.82) is 0 Å². The van der Waals surface area contributed by atoms with Crippen molar-refractivity contribution in [2.45, 2.75) is 26.4 Å². The Balaban J connectivity index is 2.49. The highest BCUT2D eigenvalue weighted by molar-refractivity contribution is 7.12. The van der Waals surface area contributed by atoms with Gasteiger partial charge in [0.15, 0.2) is 0 Å². The van der Waals surface area contributed by atoms with Gasteiger partial charge in [0.05, 0.1) is 0 Å². The molecular weight excluding hydrogens is 142 g/mol. The van der Waals surface area contributed by atoms with E-state index in [1.54, 1.807) is 0 Å². The molecule has 0 spiro atoms. The first-order chi connectivity index (χ1) is 4.77. The van der Waals surface area contributed by atoms with Crippen molar-refractivity contribution in [2.24, 2.45) is 0 Å². The Morgan fingerprint density at radius 2 is 2.50 bits per heavy atom. The van der Waals surface area contributed by atoms with Crippen molar-refractivity contribution in [1.82, 2.24) is 5.32 Å².